The normalized spacial score (nSPS) is 11.3. The molecule has 0 aliphatic carbocycles. The largest absolute Gasteiger partial charge is 0.478 e. The lowest BCUT2D eigenvalue weighted by molar-refractivity contribution is 0.0695. The first-order valence-electron chi connectivity index (χ1n) is 6.16. The minimum Gasteiger partial charge on any atom is -0.478 e. The van der Waals surface area contributed by atoms with Gasteiger partial charge >= 0.3 is 5.97 Å². The van der Waals surface area contributed by atoms with Crippen molar-refractivity contribution in [2.24, 2.45) is 0 Å². The molecule has 100 valence electrons. The van der Waals surface area contributed by atoms with Gasteiger partial charge in [-0.25, -0.2) is 9.78 Å². The fourth-order valence-electron chi connectivity index (χ4n) is 2.56. The number of carboxylic acids is 1. The standard InChI is InChI=1S/C15H16ClNO2/c1-7(2)11-12-9(4)5-8(3)6-10(12)17-14(16)13(11)15(18)19/h5-7H,1-4H3,(H,18,19). The number of aromatic nitrogens is 1. The number of pyridine rings is 1. The number of carbonyl (C=O) groups is 1. The number of benzene rings is 1. The molecule has 0 fully saturated rings. The van der Waals surface area contributed by atoms with E-state index in [-0.39, 0.29) is 16.6 Å². The molecule has 0 saturated heterocycles. The predicted molar refractivity (Wildman–Crippen MR) is 77.3 cm³/mol. The van der Waals surface area contributed by atoms with Gasteiger partial charge in [-0.2, -0.15) is 0 Å². The van der Waals surface area contributed by atoms with E-state index >= 15 is 0 Å². The molecule has 0 saturated carbocycles. The van der Waals surface area contributed by atoms with Crippen molar-refractivity contribution in [1.82, 2.24) is 4.98 Å². The third kappa shape index (κ3) is 2.30. The van der Waals surface area contributed by atoms with Crippen LogP contribution in [0.15, 0.2) is 12.1 Å². The van der Waals surface area contributed by atoms with E-state index in [0.29, 0.717) is 0 Å². The smallest absolute Gasteiger partial charge is 0.339 e. The Bertz CT molecular complexity index is 678. The van der Waals surface area contributed by atoms with Gasteiger partial charge in [0.15, 0.2) is 0 Å². The second-order valence-corrected chi connectivity index (χ2v) is 5.49. The molecule has 0 aliphatic rings. The quantitative estimate of drug-likeness (QED) is 0.832. The molecule has 1 aromatic carbocycles. The Balaban J connectivity index is 3.03. The summed E-state index contributed by atoms with van der Waals surface area (Å²) in [6.45, 7) is 7.90. The Hall–Kier alpha value is -1.61. The number of carboxylic acid groups (broad SMARTS) is 1. The summed E-state index contributed by atoms with van der Waals surface area (Å²) in [5, 5.41) is 10.3. The van der Waals surface area contributed by atoms with Crippen molar-refractivity contribution in [3.05, 3.63) is 39.5 Å². The van der Waals surface area contributed by atoms with Crippen molar-refractivity contribution in [3.63, 3.8) is 0 Å². The topological polar surface area (TPSA) is 50.2 Å². The molecule has 1 N–H and O–H groups in total. The Labute approximate surface area is 117 Å². The minimum absolute atomic E-state index is 0.0636. The highest BCUT2D eigenvalue weighted by Crippen LogP contribution is 2.34. The molecule has 1 aromatic heterocycles. The number of hydrogen-bond donors (Lipinski definition) is 1. The van der Waals surface area contributed by atoms with Crippen LogP contribution < -0.4 is 0 Å². The summed E-state index contributed by atoms with van der Waals surface area (Å²) in [6, 6.07) is 3.97. The number of nitrogens with zero attached hydrogens (tertiary/aromatic N) is 1. The molecule has 4 heteroatoms. The van der Waals surface area contributed by atoms with Gasteiger partial charge in [-0.05, 0) is 42.5 Å². The number of halogens is 1. The second kappa shape index (κ2) is 4.82. The summed E-state index contributed by atoms with van der Waals surface area (Å²) in [5.74, 6) is -0.960. The van der Waals surface area contributed by atoms with Crippen LogP contribution in [0.2, 0.25) is 5.15 Å². The second-order valence-electron chi connectivity index (χ2n) is 5.13. The van der Waals surface area contributed by atoms with Crippen LogP contribution in [0.25, 0.3) is 10.9 Å². The van der Waals surface area contributed by atoms with Crippen molar-refractivity contribution in [2.45, 2.75) is 33.6 Å². The third-order valence-corrected chi connectivity index (χ3v) is 3.49. The molecule has 0 amide bonds. The molecule has 0 unspecified atom stereocenters. The maximum Gasteiger partial charge on any atom is 0.339 e. The molecule has 2 aromatic rings. The SMILES string of the molecule is Cc1cc(C)c2c(C(C)C)c(C(=O)O)c(Cl)nc2c1. The van der Waals surface area contributed by atoms with E-state index in [1.807, 2.05) is 39.8 Å². The van der Waals surface area contributed by atoms with Gasteiger partial charge in [-0.1, -0.05) is 31.5 Å². The fourth-order valence-corrected chi connectivity index (χ4v) is 2.84. The third-order valence-electron chi connectivity index (χ3n) is 3.21. The zero-order valence-corrected chi connectivity index (χ0v) is 12.2. The summed E-state index contributed by atoms with van der Waals surface area (Å²) < 4.78 is 0. The molecule has 2 rings (SSSR count). The zero-order valence-electron chi connectivity index (χ0n) is 11.4. The monoisotopic (exact) mass is 277 g/mol. The van der Waals surface area contributed by atoms with Gasteiger partial charge in [-0.15, -0.1) is 0 Å². The van der Waals surface area contributed by atoms with Gasteiger partial charge in [0.1, 0.15) is 10.7 Å². The van der Waals surface area contributed by atoms with Gasteiger partial charge in [0.05, 0.1) is 5.52 Å². The van der Waals surface area contributed by atoms with Crippen LogP contribution in [0.5, 0.6) is 0 Å². The summed E-state index contributed by atoms with van der Waals surface area (Å²) >= 11 is 6.06. The number of hydrogen-bond acceptors (Lipinski definition) is 2. The van der Waals surface area contributed by atoms with E-state index in [0.717, 1.165) is 27.6 Å². The predicted octanol–water partition coefficient (Wildman–Crippen LogP) is 4.33. The lowest BCUT2D eigenvalue weighted by Crippen LogP contribution is -2.08. The average molecular weight is 278 g/mol. The molecule has 0 radical (unpaired) electrons. The first-order chi connectivity index (χ1) is 8.82. The lowest BCUT2D eigenvalue weighted by atomic mass is 9.91. The van der Waals surface area contributed by atoms with E-state index in [2.05, 4.69) is 4.98 Å². The van der Waals surface area contributed by atoms with E-state index < -0.39 is 5.97 Å². The Kier molecular flexibility index (Phi) is 3.50. The number of fused-ring (bicyclic) bond motifs is 1. The molecule has 0 aliphatic heterocycles. The van der Waals surface area contributed by atoms with Crippen LogP contribution in [-0.4, -0.2) is 16.1 Å². The average Bonchev–Trinajstić information content (AvgIpc) is 2.25. The van der Waals surface area contributed by atoms with Gasteiger partial charge < -0.3 is 5.11 Å². The van der Waals surface area contributed by atoms with E-state index in [9.17, 15) is 9.90 Å². The highest BCUT2D eigenvalue weighted by atomic mass is 35.5. The van der Waals surface area contributed by atoms with Crippen molar-refractivity contribution in [3.8, 4) is 0 Å². The fraction of sp³-hybridized carbons (Fsp3) is 0.333. The number of aromatic carboxylic acids is 1. The summed E-state index contributed by atoms with van der Waals surface area (Å²) in [6.07, 6.45) is 0. The molecule has 0 atom stereocenters. The van der Waals surface area contributed by atoms with Crippen LogP contribution in [0.4, 0.5) is 0 Å². The molecule has 0 bridgehead atoms. The van der Waals surface area contributed by atoms with Crippen LogP contribution in [0.1, 0.15) is 46.8 Å². The Morgan fingerprint density at radius 2 is 1.95 bits per heavy atom. The maximum absolute atomic E-state index is 11.4. The molecule has 19 heavy (non-hydrogen) atoms. The summed E-state index contributed by atoms with van der Waals surface area (Å²) in [5.41, 5.74) is 3.77. The number of aryl methyl sites for hydroxylation is 2. The van der Waals surface area contributed by atoms with E-state index in [4.69, 9.17) is 11.6 Å². The first kappa shape index (κ1) is 13.8. The molecule has 1 heterocycles. The summed E-state index contributed by atoms with van der Waals surface area (Å²) in [4.78, 5) is 15.7. The maximum atomic E-state index is 11.4. The van der Waals surface area contributed by atoms with Crippen LogP contribution in [0, 0.1) is 13.8 Å². The Morgan fingerprint density at radius 3 is 2.47 bits per heavy atom. The lowest BCUT2D eigenvalue weighted by Gasteiger charge is -2.17. The highest BCUT2D eigenvalue weighted by Gasteiger charge is 2.22. The van der Waals surface area contributed by atoms with Crippen LogP contribution in [0.3, 0.4) is 0 Å². The van der Waals surface area contributed by atoms with Crippen molar-refractivity contribution >= 4 is 28.5 Å². The zero-order chi connectivity index (χ0) is 14.3. The van der Waals surface area contributed by atoms with Gasteiger partial charge in [0.2, 0.25) is 0 Å². The van der Waals surface area contributed by atoms with Crippen molar-refractivity contribution in [2.75, 3.05) is 0 Å². The van der Waals surface area contributed by atoms with E-state index in [1.54, 1.807) is 0 Å². The van der Waals surface area contributed by atoms with Crippen LogP contribution in [-0.2, 0) is 0 Å². The Morgan fingerprint density at radius 1 is 1.32 bits per heavy atom. The molecule has 0 spiro atoms. The van der Waals surface area contributed by atoms with Crippen LogP contribution >= 0.6 is 11.6 Å². The van der Waals surface area contributed by atoms with Crippen molar-refractivity contribution in [1.29, 1.82) is 0 Å². The van der Waals surface area contributed by atoms with Gasteiger partial charge in [-0.3, -0.25) is 0 Å². The highest BCUT2D eigenvalue weighted by molar-refractivity contribution is 6.33. The van der Waals surface area contributed by atoms with Crippen molar-refractivity contribution < 1.29 is 9.90 Å². The first-order valence-corrected chi connectivity index (χ1v) is 6.54. The minimum atomic E-state index is -1.02. The van der Waals surface area contributed by atoms with Gasteiger partial charge in [0, 0.05) is 5.39 Å². The van der Waals surface area contributed by atoms with Gasteiger partial charge in [0.25, 0.3) is 0 Å². The number of rotatable bonds is 2. The van der Waals surface area contributed by atoms with E-state index in [1.165, 1.54) is 0 Å². The molecular formula is C15H16ClNO2. The molecular weight excluding hydrogens is 262 g/mol. The molecule has 3 nitrogen and oxygen atoms in total. The summed E-state index contributed by atoms with van der Waals surface area (Å²) in [7, 11) is 0.